The van der Waals surface area contributed by atoms with Gasteiger partial charge in [-0.25, -0.2) is 0 Å². The van der Waals surface area contributed by atoms with E-state index in [-0.39, 0.29) is 36.7 Å². The maximum atomic E-state index is 11.8. The third-order valence-electron chi connectivity index (χ3n) is 3.51. The van der Waals surface area contributed by atoms with Gasteiger partial charge in [-0.15, -0.1) is 0 Å². The molecule has 0 aliphatic rings. The second-order valence-electron chi connectivity index (χ2n) is 5.98. The zero-order valence-corrected chi connectivity index (χ0v) is 15.0. The molecule has 3 amide bonds. The molecule has 1 atom stereocenters. The number of benzene rings is 1. The Bertz CT molecular complexity index is 631. The molecule has 0 saturated carbocycles. The molecule has 0 saturated heterocycles. The van der Waals surface area contributed by atoms with E-state index < -0.39 is 6.04 Å². The van der Waals surface area contributed by atoms with Crippen molar-refractivity contribution in [3.63, 3.8) is 0 Å². The molecule has 0 aromatic heterocycles. The number of carbonyl (C=O) groups excluding carboxylic acids is 3. The van der Waals surface area contributed by atoms with Gasteiger partial charge in [-0.05, 0) is 23.6 Å². The van der Waals surface area contributed by atoms with E-state index in [0.717, 1.165) is 5.56 Å². The van der Waals surface area contributed by atoms with Crippen molar-refractivity contribution in [2.75, 3.05) is 19.0 Å². The van der Waals surface area contributed by atoms with Crippen LogP contribution in [0.25, 0.3) is 0 Å². The lowest BCUT2D eigenvalue weighted by molar-refractivity contribution is -0.127. The van der Waals surface area contributed by atoms with E-state index >= 15 is 0 Å². The lowest BCUT2D eigenvalue weighted by Gasteiger charge is -2.15. The minimum atomic E-state index is -0.644. The zero-order valence-electron chi connectivity index (χ0n) is 15.0. The minimum Gasteiger partial charge on any atom is -0.495 e. The Morgan fingerprint density at radius 3 is 2.44 bits per heavy atom. The fourth-order valence-corrected chi connectivity index (χ4v) is 2.00. The zero-order chi connectivity index (χ0) is 19.0. The molecular formula is C17H26N4O4. The highest BCUT2D eigenvalue weighted by Crippen LogP contribution is 2.25. The Hall–Kier alpha value is -2.61. The molecule has 138 valence electrons. The Morgan fingerprint density at radius 1 is 1.20 bits per heavy atom. The van der Waals surface area contributed by atoms with Crippen molar-refractivity contribution >= 4 is 23.4 Å². The molecule has 25 heavy (non-hydrogen) atoms. The third kappa shape index (κ3) is 6.80. The van der Waals surface area contributed by atoms with Crippen LogP contribution in [0.3, 0.4) is 0 Å². The smallest absolute Gasteiger partial charge is 0.239 e. The topological polar surface area (TPSA) is 123 Å². The predicted molar refractivity (Wildman–Crippen MR) is 95.0 cm³/mol. The van der Waals surface area contributed by atoms with Gasteiger partial charge in [0.2, 0.25) is 17.7 Å². The van der Waals surface area contributed by atoms with Crippen LogP contribution in [0.5, 0.6) is 5.75 Å². The summed E-state index contributed by atoms with van der Waals surface area (Å²) in [4.78, 5) is 34.8. The Kier molecular flexibility index (Phi) is 7.87. The fraction of sp³-hybridized carbons (Fsp3) is 0.471. The molecule has 1 aromatic carbocycles. The number of amides is 3. The summed E-state index contributed by atoms with van der Waals surface area (Å²) in [5.41, 5.74) is 7.01. The normalized spacial score (nSPS) is 11.6. The molecule has 0 unspecified atom stereocenters. The molecule has 0 aliphatic carbocycles. The number of carbonyl (C=O) groups is 3. The van der Waals surface area contributed by atoms with Crippen LogP contribution in [0.1, 0.15) is 26.3 Å². The van der Waals surface area contributed by atoms with Gasteiger partial charge < -0.3 is 26.4 Å². The minimum absolute atomic E-state index is 0.00504. The van der Waals surface area contributed by atoms with Crippen LogP contribution in [0.4, 0.5) is 5.69 Å². The summed E-state index contributed by atoms with van der Waals surface area (Å²) in [6.07, 6.45) is 0. The first-order valence-electron chi connectivity index (χ1n) is 7.99. The fourth-order valence-electron chi connectivity index (χ4n) is 2.00. The van der Waals surface area contributed by atoms with Gasteiger partial charge >= 0.3 is 0 Å². The van der Waals surface area contributed by atoms with Crippen LogP contribution >= 0.6 is 0 Å². The molecule has 0 radical (unpaired) electrons. The molecule has 1 rings (SSSR count). The average molecular weight is 350 g/mol. The van der Waals surface area contributed by atoms with Gasteiger partial charge in [0.15, 0.2) is 0 Å². The molecular weight excluding hydrogens is 324 g/mol. The van der Waals surface area contributed by atoms with E-state index in [0.29, 0.717) is 11.4 Å². The first kappa shape index (κ1) is 20.4. The summed E-state index contributed by atoms with van der Waals surface area (Å²) in [5, 5.41) is 7.86. The van der Waals surface area contributed by atoms with Gasteiger partial charge in [0.05, 0.1) is 25.4 Å². The number of hydrogen-bond donors (Lipinski definition) is 4. The molecule has 0 spiro atoms. The first-order chi connectivity index (χ1) is 11.7. The van der Waals surface area contributed by atoms with Crippen molar-refractivity contribution in [2.45, 2.75) is 33.4 Å². The van der Waals surface area contributed by atoms with Crippen molar-refractivity contribution in [1.29, 1.82) is 0 Å². The average Bonchev–Trinajstić information content (AvgIpc) is 2.56. The van der Waals surface area contributed by atoms with Crippen LogP contribution in [-0.2, 0) is 20.9 Å². The molecule has 8 nitrogen and oxygen atoms in total. The second-order valence-corrected chi connectivity index (χ2v) is 5.98. The van der Waals surface area contributed by atoms with E-state index in [1.165, 1.54) is 14.0 Å². The molecule has 8 heteroatoms. The highest BCUT2D eigenvalue weighted by molar-refractivity contribution is 5.90. The SMILES string of the molecule is COc1ccc(CNC(=O)CNC(=O)[C@@H](N)C(C)C)cc1NC(C)=O. The van der Waals surface area contributed by atoms with Crippen molar-refractivity contribution < 1.29 is 19.1 Å². The number of nitrogens with one attached hydrogen (secondary N) is 3. The lowest BCUT2D eigenvalue weighted by Crippen LogP contribution is -2.47. The largest absolute Gasteiger partial charge is 0.495 e. The Labute approximate surface area is 147 Å². The Morgan fingerprint density at radius 2 is 1.88 bits per heavy atom. The highest BCUT2D eigenvalue weighted by Gasteiger charge is 2.17. The van der Waals surface area contributed by atoms with Gasteiger partial charge in [-0.1, -0.05) is 19.9 Å². The van der Waals surface area contributed by atoms with E-state index in [1.54, 1.807) is 18.2 Å². The molecule has 1 aromatic rings. The van der Waals surface area contributed by atoms with Crippen LogP contribution in [0, 0.1) is 5.92 Å². The summed E-state index contributed by atoms with van der Waals surface area (Å²) in [6.45, 7) is 5.18. The van der Waals surface area contributed by atoms with E-state index in [4.69, 9.17) is 10.5 Å². The van der Waals surface area contributed by atoms with Gasteiger partial charge in [-0.3, -0.25) is 14.4 Å². The van der Waals surface area contributed by atoms with Crippen molar-refractivity contribution in [3.8, 4) is 5.75 Å². The number of nitrogens with two attached hydrogens (primary N) is 1. The predicted octanol–water partition coefficient (Wildman–Crippen LogP) is 0.369. The van der Waals surface area contributed by atoms with Crippen LogP contribution in [0.15, 0.2) is 18.2 Å². The van der Waals surface area contributed by atoms with Crippen molar-refractivity contribution in [3.05, 3.63) is 23.8 Å². The molecule has 0 aliphatic heterocycles. The summed E-state index contributed by atoms with van der Waals surface area (Å²) < 4.78 is 5.17. The lowest BCUT2D eigenvalue weighted by atomic mass is 10.1. The number of anilines is 1. The maximum Gasteiger partial charge on any atom is 0.239 e. The third-order valence-corrected chi connectivity index (χ3v) is 3.51. The van der Waals surface area contributed by atoms with E-state index in [1.807, 2.05) is 13.8 Å². The number of hydrogen-bond acceptors (Lipinski definition) is 5. The second kappa shape index (κ2) is 9.63. The molecule has 0 heterocycles. The maximum absolute atomic E-state index is 11.8. The number of rotatable bonds is 8. The highest BCUT2D eigenvalue weighted by atomic mass is 16.5. The van der Waals surface area contributed by atoms with E-state index in [9.17, 15) is 14.4 Å². The standard InChI is InChI=1S/C17H26N4O4/c1-10(2)16(18)17(24)20-9-15(23)19-8-12-5-6-14(25-4)13(7-12)21-11(3)22/h5-7,10,16H,8-9,18H2,1-4H3,(H,19,23)(H,20,24)(H,21,22)/t16-/m0/s1. The van der Waals surface area contributed by atoms with Gasteiger partial charge in [0, 0.05) is 13.5 Å². The monoisotopic (exact) mass is 350 g/mol. The van der Waals surface area contributed by atoms with Crippen molar-refractivity contribution in [2.24, 2.45) is 11.7 Å². The summed E-state index contributed by atoms with van der Waals surface area (Å²) in [5.74, 6) is -0.387. The number of methoxy groups -OCH3 is 1. The van der Waals surface area contributed by atoms with Gasteiger partial charge in [0.25, 0.3) is 0 Å². The van der Waals surface area contributed by atoms with Crippen LogP contribution in [0.2, 0.25) is 0 Å². The summed E-state index contributed by atoms with van der Waals surface area (Å²) in [6, 6.07) is 4.55. The molecule has 0 fully saturated rings. The summed E-state index contributed by atoms with van der Waals surface area (Å²) in [7, 11) is 1.51. The van der Waals surface area contributed by atoms with Crippen LogP contribution in [-0.4, -0.2) is 37.4 Å². The number of ether oxygens (including phenoxy) is 1. The first-order valence-corrected chi connectivity index (χ1v) is 7.99. The van der Waals surface area contributed by atoms with Crippen molar-refractivity contribution in [1.82, 2.24) is 10.6 Å². The van der Waals surface area contributed by atoms with Crippen LogP contribution < -0.4 is 26.4 Å². The molecule has 0 bridgehead atoms. The Balaban J connectivity index is 2.55. The quantitative estimate of drug-likeness (QED) is 0.539. The van der Waals surface area contributed by atoms with E-state index in [2.05, 4.69) is 16.0 Å². The van der Waals surface area contributed by atoms with Gasteiger partial charge in [-0.2, -0.15) is 0 Å². The summed E-state index contributed by atoms with van der Waals surface area (Å²) >= 11 is 0. The molecule has 5 N–H and O–H groups in total. The van der Waals surface area contributed by atoms with Gasteiger partial charge in [0.1, 0.15) is 5.75 Å².